The van der Waals surface area contributed by atoms with Crippen LogP contribution in [-0.2, 0) is 0 Å². The van der Waals surface area contributed by atoms with E-state index in [2.05, 4.69) is 5.32 Å². The summed E-state index contributed by atoms with van der Waals surface area (Å²) in [6, 6.07) is 6.90. The highest BCUT2D eigenvalue weighted by atomic mass is 35.5. The minimum atomic E-state index is -0.550. The number of halogens is 1. The van der Waals surface area contributed by atoms with Gasteiger partial charge < -0.3 is 11.1 Å². The maximum absolute atomic E-state index is 12.4. The Morgan fingerprint density at radius 2 is 1.90 bits per heavy atom. The number of carbonyl (C=O) groups is 1. The normalized spacial score (nSPS) is 18.1. The van der Waals surface area contributed by atoms with Gasteiger partial charge in [-0.1, -0.05) is 55.6 Å². The maximum Gasteiger partial charge on any atom is 0.252 e. The number of benzene rings is 1. The number of nitrogens with one attached hydrogen (secondary N) is 1. The van der Waals surface area contributed by atoms with E-state index in [1.807, 2.05) is 0 Å². The van der Waals surface area contributed by atoms with Crippen molar-refractivity contribution >= 4 is 34.7 Å². The predicted molar refractivity (Wildman–Crippen MR) is 86.1 cm³/mol. The highest BCUT2D eigenvalue weighted by Crippen LogP contribution is 2.28. The fourth-order valence-electron chi connectivity index (χ4n) is 2.68. The summed E-state index contributed by atoms with van der Waals surface area (Å²) in [5.74, 6) is -0.165. The number of thiocarbonyl (C=S) groups is 1. The molecule has 1 aliphatic carbocycles. The first kappa shape index (κ1) is 15.3. The van der Waals surface area contributed by atoms with Crippen molar-refractivity contribution in [1.29, 1.82) is 0 Å². The van der Waals surface area contributed by atoms with E-state index in [0.29, 0.717) is 15.6 Å². The third-order valence-electron chi connectivity index (χ3n) is 3.87. The number of amides is 1. The molecule has 0 unspecified atom stereocenters. The average Bonchev–Trinajstić information content (AvgIpc) is 2.65. The summed E-state index contributed by atoms with van der Waals surface area (Å²) in [7, 11) is 0. The molecular weight excluding hydrogens is 292 g/mol. The van der Waals surface area contributed by atoms with E-state index in [9.17, 15) is 4.79 Å². The largest absolute Gasteiger partial charge is 0.391 e. The van der Waals surface area contributed by atoms with Gasteiger partial charge in [-0.15, -0.1) is 0 Å². The molecule has 1 aliphatic rings. The molecule has 0 bridgehead atoms. The number of carbonyl (C=O) groups excluding carboxylic acids is 1. The van der Waals surface area contributed by atoms with Gasteiger partial charge in [0.05, 0.1) is 10.5 Å². The second-order valence-electron chi connectivity index (χ2n) is 5.33. The topological polar surface area (TPSA) is 55.1 Å². The first-order chi connectivity index (χ1) is 9.53. The zero-order valence-electron chi connectivity index (χ0n) is 11.3. The number of rotatable bonds is 3. The Kier molecular flexibility index (Phi) is 5.00. The number of hydrogen-bond donors (Lipinski definition) is 2. The van der Waals surface area contributed by atoms with Crippen molar-refractivity contribution in [2.45, 2.75) is 44.1 Å². The van der Waals surface area contributed by atoms with E-state index in [-0.39, 0.29) is 5.91 Å². The molecule has 1 aromatic carbocycles. The summed E-state index contributed by atoms with van der Waals surface area (Å²) in [5, 5.41) is 3.60. The van der Waals surface area contributed by atoms with Gasteiger partial charge >= 0.3 is 0 Å². The lowest BCUT2D eigenvalue weighted by Gasteiger charge is -2.33. The molecule has 20 heavy (non-hydrogen) atoms. The van der Waals surface area contributed by atoms with Crippen molar-refractivity contribution in [2.75, 3.05) is 0 Å². The van der Waals surface area contributed by atoms with Crippen molar-refractivity contribution in [2.24, 2.45) is 5.73 Å². The van der Waals surface area contributed by atoms with Crippen molar-refractivity contribution in [3.8, 4) is 0 Å². The molecule has 1 amide bonds. The standard InChI is InChI=1S/C15H19ClN2OS/c16-12-7-5-6-11(10-12)13(19)18-15(14(17)20)8-3-1-2-4-9-15/h5-7,10H,1-4,8-9H2,(H2,17,20)(H,18,19). The van der Waals surface area contributed by atoms with Crippen LogP contribution < -0.4 is 11.1 Å². The molecule has 1 aromatic rings. The van der Waals surface area contributed by atoms with E-state index in [1.54, 1.807) is 24.3 Å². The Labute approximate surface area is 129 Å². The summed E-state index contributed by atoms with van der Waals surface area (Å²) in [5.41, 5.74) is 5.91. The molecular formula is C15H19ClN2OS. The molecule has 0 atom stereocenters. The Balaban J connectivity index is 2.19. The van der Waals surface area contributed by atoms with Crippen LogP contribution in [0.5, 0.6) is 0 Å². The van der Waals surface area contributed by atoms with Crippen LogP contribution in [0.15, 0.2) is 24.3 Å². The van der Waals surface area contributed by atoms with Crippen LogP contribution in [0.1, 0.15) is 48.9 Å². The molecule has 0 saturated heterocycles. The Morgan fingerprint density at radius 3 is 2.45 bits per heavy atom. The van der Waals surface area contributed by atoms with Gasteiger partial charge in [-0.2, -0.15) is 0 Å². The van der Waals surface area contributed by atoms with Crippen LogP contribution in [0.25, 0.3) is 0 Å². The number of nitrogens with two attached hydrogens (primary N) is 1. The molecule has 0 aromatic heterocycles. The second kappa shape index (κ2) is 6.55. The summed E-state index contributed by atoms with van der Waals surface area (Å²) < 4.78 is 0. The maximum atomic E-state index is 12.4. The third kappa shape index (κ3) is 3.49. The second-order valence-corrected chi connectivity index (χ2v) is 6.20. The molecule has 5 heteroatoms. The lowest BCUT2D eigenvalue weighted by atomic mass is 9.89. The molecule has 1 fully saturated rings. The lowest BCUT2D eigenvalue weighted by molar-refractivity contribution is 0.0917. The van der Waals surface area contributed by atoms with E-state index < -0.39 is 5.54 Å². The fraction of sp³-hybridized carbons (Fsp3) is 0.467. The molecule has 3 N–H and O–H groups in total. The van der Waals surface area contributed by atoms with Crippen molar-refractivity contribution < 1.29 is 4.79 Å². The van der Waals surface area contributed by atoms with Gasteiger partial charge in [-0.25, -0.2) is 0 Å². The Bertz CT molecular complexity index is 510. The summed E-state index contributed by atoms with van der Waals surface area (Å²) in [6.07, 6.45) is 6.03. The highest BCUT2D eigenvalue weighted by molar-refractivity contribution is 7.80. The van der Waals surface area contributed by atoms with Crippen LogP contribution in [0.4, 0.5) is 0 Å². The molecule has 1 saturated carbocycles. The zero-order chi connectivity index (χ0) is 14.6. The predicted octanol–water partition coefficient (Wildman–Crippen LogP) is 3.45. The lowest BCUT2D eigenvalue weighted by Crippen LogP contribution is -2.56. The van der Waals surface area contributed by atoms with Crippen molar-refractivity contribution in [3.05, 3.63) is 34.9 Å². The van der Waals surface area contributed by atoms with Crippen LogP contribution in [0, 0.1) is 0 Å². The van der Waals surface area contributed by atoms with Gasteiger partial charge in [0.15, 0.2) is 0 Å². The van der Waals surface area contributed by atoms with Gasteiger partial charge in [0.1, 0.15) is 0 Å². The average molecular weight is 311 g/mol. The van der Waals surface area contributed by atoms with Crippen LogP contribution in [0.2, 0.25) is 5.02 Å². The third-order valence-corrected chi connectivity index (χ3v) is 4.49. The molecule has 2 rings (SSSR count). The molecule has 108 valence electrons. The SMILES string of the molecule is NC(=S)C1(NC(=O)c2cccc(Cl)c2)CCCCCC1. The molecule has 0 spiro atoms. The Hall–Kier alpha value is -1.13. The van der Waals surface area contributed by atoms with Crippen molar-refractivity contribution in [1.82, 2.24) is 5.32 Å². The highest BCUT2D eigenvalue weighted by Gasteiger charge is 2.35. The first-order valence-corrected chi connectivity index (χ1v) is 7.70. The van der Waals surface area contributed by atoms with Gasteiger partial charge in [0.2, 0.25) is 0 Å². The van der Waals surface area contributed by atoms with Gasteiger partial charge in [0.25, 0.3) is 5.91 Å². The van der Waals surface area contributed by atoms with Gasteiger partial charge in [-0.3, -0.25) is 4.79 Å². The summed E-state index contributed by atoms with van der Waals surface area (Å²) in [4.78, 5) is 12.8. The minimum absolute atomic E-state index is 0.165. The van der Waals surface area contributed by atoms with Crippen LogP contribution in [-0.4, -0.2) is 16.4 Å². The number of hydrogen-bond acceptors (Lipinski definition) is 2. The van der Waals surface area contributed by atoms with E-state index in [1.165, 1.54) is 0 Å². The minimum Gasteiger partial charge on any atom is -0.391 e. The molecule has 0 heterocycles. The molecule has 0 radical (unpaired) electrons. The summed E-state index contributed by atoms with van der Waals surface area (Å²) >= 11 is 11.1. The smallest absolute Gasteiger partial charge is 0.252 e. The summed E-state index contributed by atoms with van der Waals surface area (Å²) in [6.45, 7) is 0. The van der Waals surface area contributed by atoms with E-state index in [4.69, 9.17) is 29.6 Å². The Morgan fingerprint density at radius 1 is 1.25 bits per heavy atom. The molecule has 0 aliphatic heterocycles. The van der Waals surface area contributed by atoms with Crippen LogP contribution in [0.3, 0.4) is 0 Å². The quantitative estimate of drug-likeness (QED) is 0.664. The van der Waals surface area contributed by atoms with Crippen LogP contribution >= 0.6 is 23.8 Å². The van der Waals surface area contributed by atoms with Gasteiger partial charge in [-0.05, 0) is 31.0 Å². The first-order valence-electron chi connectivity index (χ1n) is 6.91. The fourth-order valence-corrected chi connectivity index (χ4v) is 3.13. The molecule has 3 nitrogen and oxygen atoms in total. The van der Waals surface area contributed by atoms with E-state index in [0.717, 1.165) is 38.5 Å². The monoisotopic (exact) mass is 310 g/mol. The van der Waals surface area contributed by atoms with Crippen molar-refractivity contribution in [3.63, 3.8) is 0 Å². The van der Waals surface area contributed by atoms with E-state index >= 15 is 0 Å². The zero-order valence-corrected chi connectivity index (χ0v) is 12.9. The van der Waals surface area contributed by atoms with Gasteiger partial charge in [0, 0.05) is 10.6 Å².